The highest BCUT2D eigenvalue weighted by Crippen LogP contribution is 2.27. The molecule has 1 aliphatic rings. The minimum atomic E-state index is -0.559. The first kappa shape index (κ1) is 23.1. The maximum atomic E-state index is 13.3. The van der Waals surface area contributed by atoms with Crippen LogP contribution in [-0.2, 0) is 16.0 Å². The molecule has 172 valence electrons. The van der Waals surface area contributed by atoms with Crippen molar-refractivity contribution in [2.75, 3.05) is 4.90 Å². The molecule has 0 radical (unpaired) electrons. The van der Waals surface area contributed by atoms with Crippen LogP contribution in [0.5, 0.6) is 0 Å². The molecule has 0 saturated carbocycles. The largest absolute Gasteiger partial charge is 0.318 e. The van der Waals surface area contributed by atoms with Gasteiger partial charge in [-0.05, 0) is 80.0 Å². The van der Waals surface area contributed by atoms with E-state index in [0.29, 0.717) is 11.3 Å². The number of nitrogens with one attached hydrogen (secondary N) is 1. The summed E-state index contributed by atoms with van der Waals surface area (Å²) in [6.45, 7) is 5.79. The zero-order chi connectivity index (χ0) is 24.6. The van der Waals surface area contributed by atoms with Crippen LogP contribution in [0.1, 0.15) is 29.4 Å². The summed E-state index contributed by atoms with van der Waals surface area (Å²) in [5.74, 6) is -1.06. The molecule has 3 aromatic rings. The van der Waals surface area contributed by atoms with E-state index in [1.807, 2.05) is 43.5 Å². The molecule has 2 aromatic carbocycles. The lowest BCUT2D eigenvalue weighted by Crippen LogP contribution is -2.54. The smallest absolute Gasteiger partial charge is 0.270 e. The fourth-order valence-corrected chi connectivity index (χ4v) is 4.26. The van der Waals surface area contributed by atoms with E-state index in [1.165, 1.54) is 17.0 Å². The number of thiocarbonyl (C=S) groups is 1. The third-order valence-electron chi connectivity index (χ3n) is 5.79. The molecule has 1 saturated heterocycles. The molecular weight excluding hydrogens is 452 g/mol. The molecule has 0 unspecified atom stereocenters. The lowest BCUT2D eigenvalue weighted by atomic mass is 10.1. The zero-order valence-corrected chi connectivity index (χ0v) is 19.7. The highest BCUT2D eigenvalue weighted by atomic mass is 32.1. The first-order chi connectivity index (χ1) is 16.2. The molecule has 0 atom stereocenters. The monoisotopic (exact) mass is 474 g/mol. The summed E-state index contributed by atoms with van der Waals surface area (Å²) in [7, 11) is 0. The Bertz CT molecular complexity index is 1350. The summed E-state index contributed by atoms with van der Waals surface area (Å²) in [6.07, 6.45) is 2.42. The van der Waals surface area contributed by atoms with Gasteiger partial charge in [-0.25, -0.2) is 0 Å². The van der Waals surface area contributed by atoms with Gasteiger partial charge < -0.3 is 4.57 Å². The maximum absolute atomic E-state index is 13.3. The molecule has 8 nitrogen and oxygen atoms in total. The number of anilines is 1. The maximum Gasteiger partial charge on any atom is 0.270 e. The number of aryl methyl sites for hydroxylation is 2. The van der Waals surface area contributed by atoms with E-state index in [1.54, 1.807) is 30.3 Å². The van der Waals surface area contributed by atoms with Gasteiger partial charge in [-0.3, -0.25) is 29.9 Å². The standard InChI is InChI=1S/C25H22N4O4S/c1-4-17-5-7-20(8-6-17)28-24(31)22(23(30)26-25(28)34)14-18-13-15(2)27(16(18)3)19-9-11-21(12-10-19)29(32)33/h5-14H,4H2,1-3H3,(H,26,30,34). The summed E-state index contributed by atoms with van der Waals surface area (Å²) >= 11 is 5.28. The van der Waals surface area contributed by atoms with Crippen molar-refractivity contribution in [2.24, 2.45) is 0 Å². The van der Waals surface area contributed by atoms with E-state index in [9.17, 15) is 19.7 Å². The van der Waals surface area contributed by atoms with Crippen LogP contribution in [0, 0.1) is 24.0 Å². The molecule has 2 amide bonds. The van der Waals surface area contributed by atoms with E-state index in [-0.39, 0.29) is 16.4 Å². The van der Waals surface area contributed by atoms with Crippen LogP contribution in [-0.4, -0.2) is 26.4 Å². The van der Waals surface area contributed by atoms with Crippen LogP contribution < -0.4 is 10.2 Å². The summed E-state index contributed by atoms with van der Waals surface area (Å²) in [5, 5.41) is 13.6. The molecule has 0 aliphatic carbocycles. The van der Waals surface area contributed by atoms with E-state index in [2.05, 4.69) is 5.32 Å². The average molecular weight is 475 g/mol. The van der Waals surface area contributed by atoms with Crippen molar-refractivity contribution in [3.8, 4) is 5.69 Å². The molecule has 0 bridgehead atoms. The highest BCUT2D eigenvalue weighted by Gasteiger charge is 2.34. The minimum absolute atomic E-state index is 0.000979. The predicted octanol–water partition coefficient (Wildman–Crippen LogP) is 4.40. The highest BCUT2D eigenvalue weighted by molar-refractivity contribution is 7.80. The number of nitro benzene ring substituents is 1. The summed E-state index contributed by atoms with van der Waals surface area (Å²) in [4.78, 5) is 37.8. The molecule has 34 heavy (non-hydrogen) atoms. The molecular formula is C25H22N4O4S. The minimum Gasteiger partial charge on any atom is -0.318 e. The number of hydrogen-bond acceptors (Lipinski definition) is 5. The molecule has 0 spiro atoms. The summed E-state index contributed by atoms with van der Waals surface area (Å²) in [6, 6.07) is 15.5. The summed E-state index contributed by atoms with van der Waals surface area (Å²) < 4.78 is 1.91. The van der Waals surface area contributed by atoms with Crippen LogP contribution in [0.15, 0.2) is 60.2 Å². The number of nitro groups is 1. The second-order valence-electron chi connectivity index (χ2n) is 7.91. The third kappa shape index (κ3) is 4.13. The van der Waals surface area contributed by atoms with Crippen LogP contribution >= 0.6 is 12.2 Å². The van der Waals surface area contributed by atoms with Crippen LogP contribution in [0.4, 0.5) is 11.4 Å². The predicted molar refractivity (Wildman–Crippen MR) is 134 cm³/mol. The van der Waals surface area contributed by atoms with Gasteiger partial charge in [0, 0.05) is 29.2 Å². The second-order valence-corrected chi connectivity index (χ2v) is 8.30. The van der Waals surface area contributed by atoms with Gasteiger partial charge >= 0.3 is 0 Å². The number of carbonyl (C=O) groups excluding carboxylic acids is 2. The number of amides is 2. The van der Waals surface area contributed by atoms with Crippen LogP contribution in [0.3, 0.4) is 0 Å². The number of aromatic nitrogens is 1. The fraction of sp³-hybridized carbons (Fsp3) is 0.160. The van der Waals surface area contributed by atoms with Gasteiger partial charge in [0.25, 0.3) is 17.5 Å². The second kappa shape index (κ2) is 9.03. The Morgan fingerprint density at radius 1 is 1.03 bits per heavy atom. The normalized spacial score (nSPS) is 15.1. The van der Waals surface area contributed by atoms with Crippen LogP contribution in [0.25, 0.3) is 11.8 Å². The van der Waals surface area contributed by atoms with Crippen molar-refractivity contribution in [1.29, 1.82) is 0 Å². The Morgan fingerprint density at radius 2 is 1.65 bits per heavy atom. The number of carbonyl (C=O) groups is 2. The SMILES string of the molecule is CCc1ccc(N2C(=O)C(=Cc3cc(C)n(-c4ccc([N+](=O)[O-])cc4)c3C)C(=O)NC2=S)cc1. The van der Waals surface area contributed by atoms with Crippen molar-refractivity contribution in [3.05, 3.63) is 92.8 Å². The van der Waals surface area contributed by atoms with Gasteiger partial charge in [-0.1, -0.05) is 19.1 Å². The molecule has 1 aliphatic heterocycles. The van der Waals surface area contributed by atoms with Crippen molar-refractivity contribution < 1.29 is 14.5 Å². The Balaban J connectivity index is 1.72. The topological polar surface area (TPSA) is 97.5 Å². The van der Waals surface area contributed by atoms with Gasteiger partial charge in [0.1, 0.15) is 5.57 Å². The lowest BCUT2D eigenvalue weighted by molar-refractivity contribution is -0.384. The molecule has 2 heterocycles. The number of benzene rings is 2. The molecule has 1 aromatic heterocycles. The van der Waals surface area contributed by atoms with Crippen molar-refractivity contribution in [2.45, 2.75) is 27.2 Å². The van der Waals surface area contributed by atoms with Gasteiger partial charge in [0.05, 0.1) is 10.6 Å². The number of non-ortho nitro benzene ring substituents is 1. The first-order valence-corrected chi connectivity index (χ1v) is 11.1. The quantitative estimate of drug-likeness (QED) is 0.194. The Hall–Kier alpha value is -4.11. The first-order valence-electron chi connectivity index (χ1n) is 10.7. The number of nitrogens with zero attached hydrogens (tertiary/aromatic N) is 3. The van der Waals surface area contributed by atoms with Crippen molar-refractivity contribution in [3.63, 3.8) is 0 Å². The number of rotatable bonds is 5. The third-order valence-corrected chi connectivity index (χ3v) is 6.08. The van der Waals surface area contributed by atoms with Crippen LogP contribution in [0.2, 0.25) is 0 Å². The molecule has 1 fully saturated rings. The number of hydrogen-bond donors (Lipinski definition) is 1. The fourth-order valence-electron chi connectivity index (χ4n) is 3.98. The van der Waals surface area contributed by atoms with Crippen molar-refractivity contribution >= 4 is 46.6 Å². The molecule has 4 rings (SSSR count). The molecule has 1 N–H and O–H groups in total. The van der Waals surface area contributed by atoms with E-state index in [0.717, 1.165) is 29.1 Å². The zero-order valence-electron chi connectivity index (χ0n) is 18.9. The Labute approximate surface area is 201 Å². The van der Waals surface area contributed by atoms with E-state index in [4.69, 9.17) is 12.2 Å². The summed E-state index contributed by atoms with van der Waals surface area (Å²) in [5.41, 5.74) is 4.73. The average Bonchev–Trinajstić information content (AvgIpc) is 3.09. The van der Waals surface area contributed by atoms with E-state index < -0.39 is 16.7 Å². The molecule has 9 heteroatoms. The lowest BCUT2D eigenvalue weighted by Gasteiger charge is -2.29. The van der Waals surface area contributed by atoms with Gasteiger partial charge in [0.15, 0.2) is 5.11 Å². The Kier molecular flexibility index (Phi) is 6.12. The van der Waals surface area contributed by atoms with Gasteiger partial charge in [-0.15, -0.1) is 0 Å². The van der Waals surface area contributed by atoms with Crippen molar-refractivity contribution in [1.82, 2.24) is 9.88 Å². The van der Waals surface area contributed by atoms with Gasteiger partial charge in [0.2, 0.25) is 0 Å². The Morgan fingerprint density at radius 3 is 2.24 bits per heavy atom. The van der Waals surface area contributed by atoms with Gasteiger partial charge in [-0.2, -0.15) is 0 Å². The van der Waals surface area contributed by atoms with E-state index >= 15 is 0 Å².